The fraction of sp³-hybridized carbons (Fsp3) is 0.310. The molecule has 4 aromatic rings. The van der Waals surface area contributed by atoms with E-state index in [0.29, 0.717) is 58.6 Å². The number of aromatic nitrogens is 4. The third-order valence-corrected chi connectivity index (χ3v) is 7.15. The Labute approximate surface area is 220 Å². The number of methoxy groups -OCH3 is 3. The van der Waals surface area contributed by atoms with Gasteiger partial charge in [-0.05, 0) is 41.3 Å². The average Bonchev–Trinajstić information content (AvgIpc) is 3.35. The third-order valence-electron chi connectivity index (χ3n) is 7.15. The van der Waals surface area contributed by atoms with Gasteiger partial charge >= 0.3 is 0 Å². The van der Waals surface area contributed by atoms with E-state index in [1.165, 1.54) is 0 Å². The second-order valence-electron chi connectivity index (χ2n) is 10.3. The number of fused-ring (bicyclic) bond motifs is 3. The molecule has 0 amide bonds. The minimum absolute atomic E-state index is 0.0735. The highest BCUT2D eigenvalue weighted by Gasteiger charge is 2.44. The summed E-state index contributed by atoms with van der Waals surface area (Å²) >= 11 is 0. The van der Waals surface area contributed by atoms with Gasteiger partial charge in [-0.3, -0.25) is 4.79 Å². The first-order valence-corrected chi connectivity index (χ1v) is 12.4. The molecule has 9 heteroatoms. The van der Waals surface area contributed by atoms with Gasteiger partial charge in [0.25, 0.3) is 0 Å². The maximum Gasteiger partial charge on any atom is 0.228 e. The van der Waals surface area contributed by atoms with Crippen LogP contribution < -0.4 is 18.9 Å². The molecule has 0 radical (unpaired) electrons. The number of carbonyl (C=O) groups is 1. The molecule has 0 bridgehead atoms. The molecule has 0 fully saturated rings. The van der Waals surface area contributed by atoms with Crippen LogP contribution in [0, 0.1) is 5.41 Å². The summed E-state index contributed by atoms with van der Waals surface area (Å²) in [6, 6.07) is 13.3. The Morgan fingerprint density at radius 3 is 2.45 bits per heavy atom. The largest absolute Gasteiger partial charge is 0.497 e. The van der Waals surface area contributed by atoms with Gasteiger partial charge < -0.3 is 18.9 Å². The van der Waals surface area contributed by atoms with Crippen molar-refractivity contribution >= 4 is 11.4 Å². The maximum atomic E-state index is 13.6. The summed E-state index contributed by atoms with van der Waals surface area (Å²) in [5, 5.41) is 4.69. The van der Waals surface area contributed by atoms with E-state index in [1.807, 2.05) is 42.5 Å². The van der Waals surface area contributed by atoms with Crippen LogP contribution in [0.15, 0.2) is 60.1 Å². The summed E-state index contributed by atoms with van der Waals surface area (Å²) in [5.74, 6) is 3.21. The number of allylic oxidation sites excluding steroid dienone is 2. The molecule has 0 N–H and O–H groups in total. The van der Waals surface area contributed by atoms with Gasteiger partial charge in [-0.15, -0.1) is 5.10 Å². The highest BCUT2D eigenvalue weighted by molar-refractivity contribution is 6.00. The van der Waals surface area contributed by atoms with E-state index in [2.05, 4.69) is 18.8 Å². The molecule has 2 aromatic heterocycles. The lowest BCUT2D eigenvalue weighted by atomic mass is 9.70. The van der Waals surface area contributed by atoms with Crippen LogP contribution in [0.2, 0.25) is 0 Å². The van der Waals surface area contributed by atoms with E-state index < -0.39 is 5.92 Å². The lowest BCUT2D eigenvalue weighted by molar-refractivity contribution is -0.118. The van der Waals surface area contributed by atoms with Gasteiger partial charge in [-0.1, -0.05) is 26.0 Å². The number of rotatable bonds is 5. The van der Waals surface area contributed by atoms with E-state index in [1.54, 1.807) is 32.2 Å². The van der Waals surface area contributed by atoms with Crippen molar-refractivity contribution in [3.05, 3.63) is 71.3 Å². The minimum atomic E-state index is -0.401. The van der Waals surface area contributed by atoms with Gasteiger partial charge in [0.2, 0.25) is 5.88 Å². The molecule has 0 saturated heterocycles. The zero-order valence-electron chi connectivity index (χ0n) is 21.9. The van der Waals surface area contributed by atoms with E-state index >= 15 is 0 Å². The molecule has 1 aliphatic heterocycles. The zero-order chi connectivity index (χ0) is 26.6. The Morgan fingerprint density at radius 2 is 1.74 bits per heavy atom. The van der Waals surface area contributed by atoms with Crippen molar-refractivity contribution in [1.29, 1.82) is 0 Å². The zero-order valence-corrected chi connectivity index (χ0v) is 21.9. The summed E-state index contributed by atoms with van der Waals surface area (Å²) in [4.78, 5) is 23.1. The molecule has 0 unspecified atom stereocenters. The van der Waals surface area contributed by atoms with Crippen LogP contribution >= 0.6 is 0 Å². The van der Waals surface area contributed by atoms with E-state index in [4.69, 9.17) is 29.0 Å². The van der Waals surface area contributed by atoms with Crippen LogP contribution in [0.1, 0.15) is 43.7 Å². The molecule has 1 aliphatic carbocycles. The lowest BCUT2D eigenvalue weighted by Crippen LogP contribution is -2.33. The topological polar surface area (TPSA) is 97.1 Å². The monoisotopic (exact) mass is 512 g/mol. The van der Waals surface area contributed by atoms with E-state index in [9.17, 15) is 4.79 Å². The van der Waals surface area contributed by atoms with Gasteiger partial charge in [0.1, 0.15) is 17.8 Å². The second-order valence-corrected chi connectivity index (χ2v) is 10.3. The average molecular weight is 513 g/mol. The smallest absolute Gasteiger partial charge is 0.228 e. The summed E-state index contributed by atoms with van der Waals surface area (Å²) in [6.07, 6.45) is 2.69. The molecule has 2 aromatic carbocycles. The summed E-state index contributed by atoms with van der Waals surface area (Å²) < 4.78 is 24.2. The molecule has 6 rings (SSSR count). The fourth-order valence-corrected chi connectivity index (χ4v) is 5.37. The van der Waals surface area contributed by atoms with Gasteiger partial charge in [-0.25, -0.2) is 14.5 Å². The maximum absolute atomic E-state index is 13.6. The van der Waals surface area contributed by atoms with Crippen molar-refractivity contribution in [2.75, 3.05) is 21.3 Å². The van der Waals surface area contributed by atoms with Crippen LogP contribution in [-0.2, 0) is 4.79 Å². The number of nitrogens with zero attached hydrogens (tertiary/aromatic N) is 4. The van der Waals surface area contributed by atoms with Gasteiger partial charge in [0.15, 0.2) is 28.8 Å². The van der Waals surface area contributed by atoms with Gasteiger partial charge in [0, 0.05) is 29.9 Å². The third kappa shape index (κ3) is 3.86. The molecular formula is C29H28N4O5. The number of benzene rings is 2. The van der Waals surface area contributed by atoms with Crippen molar-refractivity contribution < 1.29 is 23.7 Å². The number of hydrogen-bond donors (Lipinski definition) is 0. The molecular weight excluding hydrogens is 484 g/mol. The molecule has 2 aliphatic rings. The Hall–Kier alpha value is -4.40. The van der Waals surface area contributed by atoms with Crippen LogP contribution in [0.4, 0.5) is 0 Å². The van der Waals surface area contributed by atoms with Crippen LogP contribution in [-0.4, -0.2) is 46.7 Å². The first kappa shape index (κ1) is 24.0. The molecule has 3 heterocycles. The number of ether oxygens (including phenoxy) is 4. The highest BCUT2D eigenvalue weighted by atomic mass is 16.5. The molecule has 1 atom stereocenters. The Morgan fingerprint density at radius 1 is 0.974 bits per heavy atom. The van der Waals surface area contributed by atoms with Crippen LogP contribution in [0.5, 0.6) is 23.1 Å². The summed E-state index contributed by atoms with van der Waals surface area (Å²) in [7, 11) is 4.81. The second kappa shape index (κ2) is 8.86. The van der Waals surface area contributed by atoms with Crippen molar-refractivity contribution in [2.45, 2.75) is 32.6 Å². The van der Waals surface area contributed by atoms with E-state index in [-0.39, 0.29) is 11.2 Å². The number of Topliss-reactive ketones (excluding diaryl/α,β-unsaturated/α-hetero) is 1. The first-order chi connectivity index (χ1) is 18.3. The Balaban J connectivity index is 1.55. The number of ketones is 1. The number of carbonyl (C=O) groups excluding carboxylic acids is 1. The quantitative estimate of drug-likeness (QED) is 0.369. The van der Waals surface area contributed by atoms with Crippen LogP contribution in [0.3, 0.4) is 0 Å². The van der Waals surface area contributed by atoms with Gasteiger partial charge in [-0.2, -0.15) is 0 Å². The standard InChI is InChI=1S/C29H28N4O5/c1-29(2)13-19(34)24-22(14-29)38-28-25(23(24)16-6-9-18(35-3)10-7-16)27-31-26(32-33(27)15-30-28)17-8-11-20(36-4)21(12-17)37-5/h6-12,15,23H,13-14H2,1-5H3/t23-/m0/s1. The fourth-order valence-electron chi connectivity index (χ4n) is 5.37. The lowest BCUT2D eigenvalue weighted by Gasteiger charge is -2.37. The summed E-state index contributed by atoms with van der Waals surface area (Å²) in [6.45, 7) is 4.17. The SMILES string of the molecule is COc1ccc([C@H]2C3=C(CC(C)(C)CC3=O)Oc3ncn4nc(-c5ccc(OC)c(OC)c5)nc4c32)cc1. The predicted molar refractivity (Wildman–Crippen MR) is 140 cm³/mol. The molecule has 0 saturated carbocycles. The van der Waals surface area contributed by atoms with Gasteiger partial charge in [0.05, 0.1) is 26.9 Å². The minimum Gasteiger partial charge on any atom is -0.497 e. The molecule has 38 heavy (non-hydrogen) atoms. The summed E-state index contributed by atoms with van der Waals surface area (Å²) in [5.41, 5.74) is 3.44. The Bertz CT molecular complexity index is 1600. The van der Waals surface area contributed by atoms with E-state index in [0.717, 1.165) is 16.9 Å². The number of hydrogen-bond acceptors (Lipinski definition) is 8. The van der Waals surface area contributed by atoms with Crippen molar-refractivity contribution in [2.24, 2.45) is 5.41 Å². The van der Waals surface area contributed by atoms with Crippen molar-refractivity contribution in [3.8, 4) is 34.5 Å². The molecule has 0 spiro atoms. The van der Waals surface area contributed by atoms with Crippen LogP contribution in [0.25, 0.3) is 17.0 Å². The molecule has 194 valence electrons. The van der Waals surface area contributed by atoms with Crippen molar-refractivity contribution in [1.82, 2.24) is 19.6 Å². The highest BCUT2D eigenvalue weighted by Crippen LogP contribution is 2.50. The first-order valence-electron chi connectivity index (χ1n) is 12.4. The molecule has 9 nitrogen and oxygen atoms in total. The Kier molecular flexibility index (Phi) is 5.59. The predicted octanol–water partition coefficient (Wildman–Crippen LogP) is 4.98. The van der Waals surface area contributed by atoms with Crippen molar-refractivity contribution in [3.63, 3.8) is 0 Å². The normalized spacial score (nSPS) is 18.0.